The molecule has 2 rings (SSSR count). The maximum atomic E-state index is 5.86. The first-order valence-corrected chi connectivity index (χ1v) is 8.68. The van der Waals surface area contributed by atoms with Gasteiger partial charge in [0.1, 0.15) is 5.75 Å². The predicted molar refractivity (Wildman–Crippen MR) is 90.1 cm³/mol. The number of nitrogens with one attached hydrogen (secondary N) is 1. The van der Waals surface area contributed by atoms with E-state index in [1.54, 1.807) is 0 Å². The highest BCUT2D eigenvalue weighted by Gasteiger charge is 2.26. The predicted octanol–water partition coefficient (Wildman–Crippen LogP) is 4.75. The molecule has 2 unspecified atom stereocenters. The van der Waals surface area contributed by atoms with Crippen LogP contribution in [0.25, 0.3) is 0 Å². The molecule has 2 heteroatoms. The molecular weight excluding hydrogens is 258 g/mol. The summed E-state index contributed by atoms with van der Waals surface area (Å²) in [6.07, 6.45) is 6.89. The number of hydrogen-bond acceptors (Lipinski definition) is 2. The van der Waals surface area contributed by atoms with Gasteiger partial charge < -0.3 is 10.1 Å². The Kier molecular flexibility index (Phi) is 6.56. The van der Waals surface area contributed by atoms with Crippen molar-refractivity contribution in [3.8, 4) is 5.75 Å². The molecule has 21 heavy (non-hydrogen) atoms. The molecule has 2 nitrogen and oxygen atoms in total. The minimum atomic E-state index is 0.244. The Morgan fingerprint density at radius 2 is 2.05 bits per heavy atom. The van der Waals surface area contributed by atoms with Crippen molar-refractivity contribution in [1.29, 1.82) is 0 Å². The van der Waals surface area contributed by atoms with E-state index in [0.29, 0.717) is 5.92 Å². The van der Waals surface area contributed by atoms with Gasteiger partial charge >= 0.3 is 0 Å². The van der Waals surface area contributed by atoms with Gasteiger partial charge in [-0.05, 0) is 75.7 Å². The molecule has 1 aliphatic rings. The highest BCUT2D eigenvalue weighted by molar-refractivity contribution is 5.31. The molecule has 0 saturated heterocycles. The van der Waals surface area contributed by atoms with E-state index >= 15 is 0 Å². The fourth-order valence-electron chi connectivity index (χ4n) is 3.45. The minimum absolute atomic E-state index is 0.244. The fraction of sp³-hybridized carbons (Fsp3) is 0.684. The molecule has 0 bridgehead atoms. The van der Waals surface area contributed by atoms with Crippen molar-refractivity contribution >= 4 is 0 Å². The van der Waals surface area contributed by atoms with E-state index in [0.717, 1.165) is 24.8 Å². The lowest BCUT2D eigenvalue weighted by Crippen LogP contribution is -2.30. The number of ether oxygens (including phenoxy) is 1. The molecule has 0 heterocycles. The van der Waals surface area contributed by atoms with Gasteiger partial charge in [0.15, 0.2) is 0 Å². The van der Waals surface area contributed by atoms with Crippen LogP contribution >= 0.6 is 0 Å². The van der Waals surface area contributed by atoms with Crippen molar-refractivity contribution in [2.24, 2.45) is 5.92 Å². The maximum Gasteiger partial charge on any atom is 0.119 e. The summed E-state index contributed by atoms with van der Waals surface area (Å²) < 4.78 is 5.86. The Balaban J connectivity index is 2.05. The first-order valence-electron chi connectivity index (χ1n) is 8.68. The van der Waals surface area contributed by atoms with E-state index < -0.39 is 0 Å². The molecule has 1 aliphatic carbocycles. The zero-order valence-corrected chi connectivity index (χ0v) is 13.9. The summed E-state index contributed by atoms with van der Waals surface area (Å²) in [5, 5.41) is 3.62. The third-order valence-electron chi connectivity index (χ3n) is 4.40. The Morgan fingerprint density at radius 1 is 1.24 bits per heavy atom. The Morgan fingerprint density at radius 3 is 2.81 bits per heavy atom. The van der Waals surface area contributed by atoms with Crippen molar-refractivity contribution in [2.75, 3.05) is 13.1 Å². The van der Waals surface area contributed by atoms with E-state index in [9.17, 15) is 0 Å². The van der Waals surface area contributed by atoms with Crippen LogP contribution in [-0.4, -0.2) is 19.2 Å². The first kappa shape index (κ1) is 16.4. The van der Waals surface area contributed by atoms with Crippen LogP contribution in [0.4, 0.5) is 0 Å². The molecule has 0 aliphatic heterocycles. The quantitative estimate of drug-likeness (QED) is 0.732. The molecule has 1 saturated carbocycles. The van der Waals surface area contributed by atoms with Crippen LogP contribution in [-0.2, 0) is 0 Å². The van der Waals surface area contributed by atoms with Crippen LogP contribution in [0.2, 0.25) is 0 Å². The van der Waals surface area contributed by atoms with E-state index in [2.05, 4.69) is 50.4 Å². The van der Waals surface area contributed by atoms with Crippen LogP contribution in [0.1, 0.15) is 64.4 Å². The number of rotatable bonds is 7. The fourth-order valence-corrected chi connectivity index (χ4v) is 3.45. The maximum absolute atomic E-state index is 5.86. The second-order valence-corrected chi connectivity index (χ2v) is 6.59. The van der Waals surface area contributed by atoms with Crippen molar-refractivity contribution in [3.63, 3.8) is 0 Å². The molecule has 0 spiro atoms. The zero-order chi connectivity index (χ0) is 15.1. The van der Waals surface area contributed by atoms with E-state index in [-0.39, 0.29) is 6.10 Å². The summed E-state index contributed by atoms with van der Waals surface area (Å²) in [4.78, 5) is 0. The molecule has 1 aromatic rings. The molecule has 0 aromatic heterocycles. The van der Waals surface area contributed by atoms with Crippen molar-refractivity contribution < 1.29 is 4.74 Å². The Labute approximate surface area is 130 Å². The van der Waals surface area contributed by atoms with Crippen LogP contribution in [0.5, 0.6) is 5.75 Å². The molecule has 1 fully saturated rings. The molecular formula is C19H31NO. The smallest absolute Gasteiger partial charge is 0.119 e. The van der Waals surface area contributed by atoms with Gasteiger partial charge in [0, 0.05) is 0 Å². The van der Waals surface area contributed by atoms with Crippen LogP contribution < -0.4 is 10.1 Å². The summed E-state index contributed by atoms with van der Waals surface area (Å²) in [7, 11) is 0. The number of benzene rings is 1. The monoisotopic (exact) mass is 289 g/mol. The second-order valence-electron chi connectivity index (χ2n) is 6.59. The molecule has 1 N–H and O–H groups in total. The first-order chi connectivity index (χ1) is 10.2. The van der Waals surface area contributed by atoms with Gasteiger partial charge in [-0.15, -0.1) is 0 Å². The van der Waals surface area contributed by atoms with Crippen LogP contribution in [0, 0.1) is 5.92 Å². The largest absolute Gasteiger partial charge is 0.491 e. The summed E-state index contributed by atoms with van der Waals surface area (Å²) >= 11 is 0. The second kappa shape index (κ2) is 8.43. The Bertz CT molecular complexity index is 416. The van der Waals surface area contributed by atoms with Crippen molar-refractivity contribution in [2.45, 2.75) is 64.9 Å². The Hall–Kier alpha value is -1.02. The highest BCUT2D eigenvalue weighted by atomic mass is 16.5. The average Bonchev–Trinajstić information content (AvgIpc) is 2.48. The lowest BCUT2D eigenvalue weighted by atomic mass is 9.75. The van der Waals surface area contributed by atoms with Gasteiger partial charge in [-0.1, -0.05) is 31.9 Å². The lowest BCUT2D eigenvalue weighted by Gasteiger charge is -2.32. The van der Waals surface area contributed by atoms with Gasteiger partial charge in [0.25, 0.3) is 0 Å². The summed E-state index contributed by atoms with van der Waals surface area (Å²) in [5.41, 5.74) is 1.47. The number of hydrogen-bond donors (Lipinski definition) is 1. The van der Waals surface area contributed by atoms with E-state index in [1.165, 1.54) is 37.7 Å². The average molecular weight is 289 g/mol. The van der Waals surface area contributed by atoms with Gasteiger partial charge in [-0.25, -0.2) is 0 Å². The van der Waals surface area contributed by atoms with Crippen molar-refractivity contribution in [3.05, 3.63) is 29.8 Å². The van der Waals surface area contributed by atoms with Gasteiger partial charge in [-0.2, -0.15) is 0 Å². The van der Waals surface area contributed by atoms with Crippen LogP contribution in [0.3, 0.4) is 0 Å². The summed E-state index contributed by atoms with van der Waals surface area (Å²) in [6.45, 7) is 8.71. The normalized spacial score (nSPS) is 22.5. The molecule has 118 valence electrons. The minimum Gasteiger partial charge on any atom is -0.491 e. The summed E-state index contributed by atoms with van der Waals surface area (Å²) in [5.74, 6) is 2.49. The van der Waals surface area contributed by atoms with E-state index in [4.69, 9.17) is 4.74 Å². The third kappa shape index (κ3) is 5.03. The highest BCUT2D eigenvalue weighted by Crippen LogP contribution is 2.38. The van der Waals surface area contributed by atoms with Crippen molar-refractivity contribution in [1.82, 2.24) is 5.32 Å². The molecule has 2 atom stereocenters. The third-order valence-corrected chi connectivity index (χ3v) is 4.40. The standard InChI is InChI=1S/C19H31NO/c1-4-12-20-14-17-8-5-6-11-19(17)16-9-7-10-18(13-16)21-15(2)3/h7,9-10,13,15,17,19-20H,4-6,8,11-12,14H2,1-3H3. The van der Waals surface area contributed by atoms with Crippen LogP contribution in [0.15, 0.2) is 24.3 Å². The van der Waals surface area contributed by atoms with Gasteiger partial charge in [-0.3, -0.25) is 0 Å². The summed E-state index contributed by atoms with van der Waals surface area (Å²) in [6, 6.07) is 8.79. The lowest BCUT2D eigenvalue weighted by molar-refractivity contribution is 0.241. The molecule has 0 radical (unpaired) electrons. The zero-order valence-electron chi connectivity index (χ0n) is 13.9. The molecule has 1 aromatic carbocycles. The SMILES string of the molecule is CCCNCC1CCCCC1c1cccc(OC(C)C)c1. The van der Waals surface area contributed by atoms with Gasteiger partial charge in [0.2, 0.25) is 0 Å². The van der Waals surface area contributed by atoms with Gasteiger partial charge in [0.05, 0.1) is 6.10 Å². The topological polar surface area (TPSA) is 21.3 Å². The molecule has 0 amide bonds. The van der Waals surface area contributed by atoms with E-state index in [1.807, 2.05) is 0 Å².